The van der Waals surface area contributed by atoms with Gasteiger partial charge in [0.25, 0.3) is 0 Å². The molecule has 0 aromatic rings. The molecule has 96 valence electrons. The maximum atomic E-state index is 11.6. The number of nitrogens with one attached hydrogen (secondary N) is 1. The lowest BCUT2D eigenvalue weighted by molar-refractivity contribution is -0.130. The molecule has 0 heterocycles. The maximum Gasteiger partial charge on any atom is 0.236 e. The average molecular weight is 230 g/mol. The van der Waals surface area contributed by atoms with Gasteiger partial charge in [-0.15, -0.1) is 0 Å². The van der Waals surface area contributed by atoms with Crippen LogP contribution in [0.15, 0.2) is 0 Å². The van der Waals surface area contributed by atoms with Gasteiger partial charge in [0, 0.05) is 19.6 Å². The van der Waals surface area contributed by atoms with Gasteiger partial charge in [0.05, 0.1) is 12.1 Å². The van der Waals surface area contributed by atoms with Crippen LogP contribution in [-0.4, -0.2) is 47.7 Å². The number of aliphatic hydroxyl groups is 1. The second-order valence-corrected chi connectivity index (χ2v) is 4.68. The highest BCUT2D eigenvalue weighted by Crippen LogP contribution is 2.14. The Morgan fingerprint density at radius 2 is 1.88 bits per heavy atom. The molecule has 0 radical (unpaired) electrons. The summed E-state index contributed by atoms with van der Waals surface area (Å²) in [4.78, 5) is 13.4. The van der Waals surface area contributed by atoms with Crippen LogP contribution in [0.5, 0.6) is 0 Å². The van der Waals surface area contributed by atoms with Crippen molar-refractivity contribution in [1.29, 1.82) is 0 Å². The van der Waals surface area contributed by atoms with Gasteiger partial charge in [-0.2, -0.15) is 0 Å². The van der Waals surface area contributed by atoms with Crippen LogP contribution in [0.2, 0.25) is 0 Å². The van der Waals surface area contributed by atoms with E-state index in [1.807, 2.05) is 27.7 Å². The first-order valence-corrected chi connectivity index (χ1v) is 6.06. The van der Waals surface area contributed by atoms with Crippen molar-refractivity contribution in [3.63, 3.8) is 0 Å². The third-order valence-electron chi connectivity index (χ3n) is 3.12. The van der Waals surface area contributed by atoms with Gasteiger partial charge in [-0.05, 0) is 26.7 Å². The standard InChI is InChI=1S/C12H26N2O2/c1-6-14(7-2)11(15)8-13-9-12(5,16)10(3)4/h10,13,16H,6-9H2,1-5H3. The second kappa shape index (κ2) is 6.86. The summed E-state index contributed by atoms with van der Waals surface area (Å²) >= 11 is 0. The molecule has 1 unspecified atom stereocenters. The molecule has 0 saturated carbocycles. The van der Waals surface area contributed by atoms with E-state index in [1.165, 1.54) is 0 Å². The Hall–Kier alpha value is -0.610. The Morgan fingerprint density at radius 1 is 1.38 bits per heavy atom. The van der Waals surface area contributed by atoms with Gasteiger partial charge >= 0.3 is 0 Å². The van der Waals surface area contributed by atoms with Gasteiger partial charge in [0.15, 0.2) is 0 Å². The van der Waals surface area contributed by atoms with Crippen LogP contribution >= 0.6 is 0 Å². The van der Waals surface area contributed by atoms with E-state index in [4.69, 9.17) is 0 Å². The normalized spacial score (nSPS) is 14.9. The van der Waals surface area contributed by atoms with E-state index in [2.05, 4.69) is 5.32 Å². The molecule has 0 rings (SSSR count). The van der Waals surface area contributed by atoms with Crippen molar-refractivity contribution in [3.8, 4) is 0 Å². The van der Waals surface area contributed by atoms with Gasteiger partial charge < -0.3 is 15.3 Å². The van der Waals surface area contributed by atoms with E-state index in [9.17, 15) is 9.90 Å². The molecule has 1 atom stereocenters. The molecule has 0 saturated heterocycles. The number of hydrogen-bond donors (Lipinski definition) is 2. The van der Waals surface area contributed by atoms with E-state index in [0.29, 0.717) is 13.1 Å². The summed E-state index contributed by atoms with van der Waals surface area (Å²) in [6.07, 6.45) is 0. The van der Waals surface area contributed by atoms with Crippen molar-refractivity contribution in [2.45, 2.75) is 40.2 Å². The number of likely N-dealkylation sites (N-methyl/N-ethyl adjacent to an activating group) is 1. The molecule has 16 heavy (non-hydrogen) atoms. The molecule has 0 fully saturated rings. The number of hydrogen-bond acceptors (Lipinski definition) is 3. The highest BCUT2D eigenvalue weighted by atomic mass is 16.3. The maximum absolute atomic E-state index is 11.6. The SMILES string of the molecule is CCN(CC)C(=O)CNCC(C)(O)C(C)C. The molecular weight excluding hydrogens is 204 g/mol. The fourth-order valence-corrected chi connectivity index (χ4v) is 1.31. The Labute approximate surface area is 99.0 Å². The summed E-state index contributed by atoms with van der Waals surface area (Å²) in [7, 11) is 0. The molecule has 0 spiro atoms. The zero-order valence-corrected chi connectivity index (χ0v) is 11.2. The van der Waals surface area contributed by atoms with Crippen molar-refractivity contribution >= 4 is 5.91 Å². The van der Waals surface area contributed by atoms with Crippen LogP contribution in [0.25, 0.3) is 0 Å². The van der Waals surface area contributed by atoms with Crippen LogP contribution < -0.4 is 5.32 Å². The van der Waals surface area contributed by atoms with E-state index >= 15 is 0 Å². The Morgan fingerprint density at radius 3 is 2.25 bits per heavy atom. The van der Waals surface area contributed by atoms with E-state index < -0.39 is 5.60 Å². The summed E-state index contributed by atoms with van der Waals surface area (Å²) in [5, 5.41) is 13.0. The zero-order valence-electron chi connectivity index (χ0n) is 11.2. The molecule has 4 heteroatoms. The van der Waals surface area contributed by atoms with Crippen molar-refractivity contribution in [3.05, 3.63) is 0 Å². The van der Waals surface area contributed by atoms with Gasteiger partial charge in [0.2, 0.25) is 5.91 Å². The average Bonchev–Trinajstić information content (AvgIpc) is 2.19. The molecule has 2 N–H and O–H groups in total. The molecule has 0 bridgehead atoms. The first-order valence-electron chi connectivity index (χ1n) is 6.06. The minimum Gasteiger partial charge on any atom is -0.389 e. The zero-order chi connectivity index (χ0) is 12.8. The summed E-state index contributed by atoms with van der Waals surface area (Å²) in [6.45, 7) is 11.9. The predicted octanol–water partition coefficient (Wildman–Crippen LogP) is 0.851. The van der Waals surface area contributed by atoms with Gasteiger partial charge in [0.1, 0.15) is 0 Å². The Kier molecular flexibility index (Phi) is 6.60. The molecule has 4 nitrogen and oxygen atoms in total. The highest BCUT2D eigenvalue weighted by molar-refractivity contribution is 5.78. The van der Waals surface area contributed by atoms with Crippen molar-refractivity contribution in [2.24, 2.45) is 5.92 Å². The van der Waals surface area contributed by atoms with Crippen LogP contribution in [-0.2, 0) is 4.79 Å². The number of carbonyl (C=O) groups is 1. The third-order valence-corrected chi connectivity index (χ3v) is 3.12. The lowest BCUT2D eigenvalue weighted by Crippen LogP contribution is -2.46. The Bertz CT molecular complexity index is 211. The topological polar surface area (TPSA) is 52.6 Å². The monoisotopic (exact) mass is 230 g/mol. The highest BCUT2D eigenvalue weighted by Gasteiger charge is 2.24. The van der Waals surface area contributed by atoms with E-state index in [-0.39, 0.29) is 11.8 Å². The quantitative estimate of drug-likeness (QED) is 0.682. The summed E-state index contributed by atoms with van der Waals surface area (Å²) in [6, 6.07) is 0. The summed E-state index contributed by atoms with van der Waals surface area (Å²) in [5.74, 6) is 0.258. The number of rotatable bonds is 7. The summed E-state index contributed by atoms with van der Waals surface area (Å²) < 4.78 is 0. The predicted molar refractivity (Wildman–Crippen MR) is 66.3 cm³/mol. The molecule has 1 amide bonds. The second-order valence-electron chi connectivity index (χ2n) is 4.68. The molecular formula is C12H26N2O2. The van der Waals surface area contributed by atoms with E-state index in [1.54, 1.807) is 11.8 Å². The molecule has 0 aliphatic rings. The molecule has 0 aromatic carbocycles. The lowest BCUT2D eigenvalue weighted by Gasteiger charge is -2.28. The molecule has 0 aliphatic heterocycles. The Balaban J connectivity index is 3.94. The van der Waals surface area contributed by atoms with Crippen LogP contribution in [0, 0.1) is 5.92 Å². The van der Waals surface area contributed by atoms with Gasteiger partial charge in [-0.25, -0.2) is 0 Å². The van der Waals surface area contributed by atoms with Crippen molar-refractivity contribution in [1.82, 2.24) is 10.2 Å². The fraction of sp³-hybridized carbons (Fsp3) is 0.917. The van der Waals surface area contributed by atoms with Crippen molar-refractivity contribution < 1.29 is 9.90 Å². The van der Waals surface area contributed by atoms with Gasteiger partial charge in [-0.3, -0.25) is 4.79 Å². The lowest BCUT2D eigenvalue weighted by atomic mass is 9.93. The van der Waals surface area contributed by atoms with Crippen LogP contribution in [0.3, 0.4) is 0 Å². The number of nitrogens with zero attached hydrogens (tertiary/aromatic N) is 1. The minimum atomic E-state index is -0.760. The van der Waals surface area contributed by atoms with Crippen molar-refractivity contribution in [2.75, 3.05) is 26.2 Å². The number of amides is 1. The van der Waals surface area contributed by atoms with Gasteiger partial charge in [-0.1, -0.05) is 13.8 Å². The van der Waals surface area contributed by atoms with E-state index in [0.717, 1.165) is 13.1 Å². The summed E-state index contributed by atoms with van der Waals surface area (Å²) in [5.41, 5.74) is -0.760. The third kappa shape index (κ3) is 4.94. The minimum absolute atomic E-state index is 0.0876. The van der Waals surface area contributed by atoms with Crippen LogP contribution in [0.4, 0.5) is 0 Å². The number of carbonyl (C=O) groups excluding carboxylic acids is 1. The molecule has 0 aliphatic carbocycles. The first-order chi connectivity index (χ1) is 7.35. The first kappa shape index (κ1) is 15.4. The smallest absolute Gasteiger partial charge is 0.236 e. The largest absolute Gasteiger partial charge is 0.389 e. The fourth-order valence-electron chi connectivity index (χ4n) is 1.31. The molecule has 0 aromatic heterocycles. The van der Waals surface area contributed by atoms with Crippen LogP contribution in [0.1, 0.15) is 34.6 Å².